The Hall–Kier alpha value is -1.20. The number of ether oxygens (including phenoxy) is 1. The lowest BCUT2D eigenvalue weighted by Crippen LogP contribution is -2.12. The summed E-state index contributed by atoms with van der Waals surface area (Å²) in [5.74, 6) is 0.105. The number of halogens is 2. The number of hydrogen-bond donors (Lipinski definition) is 2. The van der Waals surface area contributed by atoms with E-state index in [1.807, 2.05) is 0 Å². The summed E-state index contributed by atoms with van der Waals surface area (Å²) in [6, 6.07) is 5.82. The molecule has 3 nitrogen and oxygen atoms in total. The van der Waals surface area contributed by atoms with Crippen LogP contribution >= 0.6 is 0 Å². The predicted octanol–water partition coefficient (Wildman–Crippen LogP) is 2.33. The topological polar surface area (TPSA) is 41.5 Å². The Morgan fingerprint density at radius 1 is 1.29 bits per heavy atom. The first-order chi connectivity index (χ1) is 6.63. The van der Waals surface area contributed by atoms with Gasteiger partial charge >= 0.3 is 6.61 Å². The van der Waals surface area contributed by atoms with Crippen molar-refractivity contribution in [1.82, 2.24) is 5.48 Å². The Kier molecular flexibility index (Phi) is 3.79. The molecule has 1 atom stereocenters. The molecule has 1 aromatic carbocycles. The van der Waals surface area contributed by atoms with E-state index < -0.39 is 6.61 Å². The monoisotopic (exact) mass is 203 g/mol. The summed E-state index contributed by atoms with van der Waals surface area (Å²) in [6.07, 6.45) is 0. The zero-order valence-electron chi connectivity index (χ0n) is 7.58. The molecule has 14 heavy (non-hydrogen) atoms. The van der Waals surface area contributed by atoms with E-state index in [1.165, 1.54) is 12.1 Å². The van der Waals surface area contributed by atoms with E-state index >= 15 is 0 Å². The first kappa shape index (κ1) is 10.9. The molecule has 0 aromatic heterocycles. The summed E-state index contributed by atoms with van der Waals surface area (Å²) >= 11 is 0. The largest absolute Gasteiger partial charge is 0.435 e. The fourth-order valence-electron chi connectivity index (χ4n) is 1.01. The summed E-state index contributed by atoms with van der Waals surface area (Å²) in [4.78, 5) is 0. The Balaban J connectivity index is 2.68. The van der Waals surface area contributed by atoms with E-state index in [1.54, 1.807) is 19.1 Å². The van der Waals surface area contributed by atoms with Crippen molar-refractivity contribution in [3.8, 4) is 5.75 Å². The number of benzene rings is 1. The van der Waals surface area contributed by atoms with Gasteiger partial charge in [0.05, 0.1) is 6.04 Å². The molecular formula is C9H11F2NO2. The molecule has 0 aliphatic heterocycles. The van der Waals surface area contributed by atoms with E-state index in [9.17, 15) is 8.78 Å². The molecule has 1 aromatic rings. The maximum atomic E-state index is 11.8. The lowest BCUT2D eigenvalue weighted by atomic mass is 10.1. The Labute approximate surface area is 80.3 Å². The average molecular weight is 203 g/mol. The van der Waals surface area contributed by atoms with Crippen molar-refractivity contribution in [3.05, 3.63) is 29.8 Å². The molecule has 0 aliphatic rings. The van der Waals surface area contributed by atoms with Crippen LogP contribution in [0.5, 0.6) is 5.75 Å². The molecule has 0 amide bonds. The van der Waals surface area contributed by atoms with Crippen LogP contribution in [0, 0.1) is 0 Å². The van der Waals surface area contributed by atoms with Crippen molar-refractivity contribution in [2.75, 3.05) is 0 Å². The number of hydroxylamine groups is 1. The van der Waals surface area contributed by atoms with Crippen molar-refractivity contribution in [1.29, 1.82) is 0 Å². The standard InChI is InChI=1S/C9H11F2NO2/c1-6(12-13)7-2-4-8(5-3-7)14-9(10)11/h2-6,9,12-13H,1H3. The van der Waals surface area contributed by atoms with Crippen LogP contribution < -0.4 is 10.2 Å². The van der Waals surface area contributed by atoms with Gasteiger partial charge in [-0.15, -0.1) is 0 Å². The van der Waals surface area contributed by atoms with Gasteiger partial charge in [0.2, 0.25) is 0 Å². The van der Waals surface area contributed by atoms with Crippen LogP contribution in [0.4, 0.5) is 8.78 Å². The van der Waals surface area contributed by atoms with Gasteiger partial charge < -0.3 is 9.94 Å². The minimum absolute atomic E-state index is 0.105. The highest BCUT2D eigenvalue weighted by Gasteiger charge is 2.06. The summed E-state index contributed by atoms with van der Waals surface area (Å²) in [5.41, 5.74) is 2.84. The van der Waals surface area contributed by atoms with Crippen LogP contribution in [0.15, 0.2) is 24.3 Å². The fourth-order valence-corrected chi connectivity index (χ4v) is 1.01. The number of hydrogen-bond acceptors (Lipinski definition) is 3. The molecular weight excluding hydrogens is 192 g/mol. The third-order valence-corrected chi connectivity index (χ3v) is 1.80. The molecule has 5 heteroatoms. The fraction of sp³-hybridized carbons (Fsp3) is 0.333. The normalized spacial score (nSPS) is 12.9. The molecule has 0 bridgehead atoms. The van der Waals surface area contributed by atoms with E-state index in [0.717, 1.165) is 5.56 Å². The SMILES string of the molecule is CC(NO)c1ccc(OC(F)F)cc1. The second kappa shape index (κ2) is 4.88. The summed E-state index contributed by atoms with van der Waals surface area (Å²) in [6.45, 7) is -1.07. The zero-order valence-corrected chi connectivity index (χ0v) is 7.58. The van der Waals surface area contributed by atoms with Crippen LogP contribution in [-0.2, 0) is 0 Å². The van der Waals surface area contributed by atoms with Crippen LogP contribution in [0.1, 0.15) is 18.5 Å². The van der Waals surface area contributed by atoms with E-state index in [0.29, 0.717) is 0 Å². The van der Waals surface area contributed by atoms with E-state index in [2.05, 4.69) is 10.2 Å². The van der Waals surface area contributed by atoms with Gasteiger partial charge in [-0.05, 0) is 24.6 Å². The predicted molar refractivity (Wildman–Crippen MR) is 46.4 cm³/mol. The van der Waals surface area contributed by atoms with Crippen LogP contribution in [0.2, 0.25) is 0 Å². The second-order valence-electron chi connectivity index (χ2n) is 2.80. The number of nitrogens with one attached hydrogen (secondary N) is 1. The number of alkyl halides is 2. The smallest absolute Gasteiger partial charge is 0.387 e. The maximum Gasteiger partial charge on any atom is 0.387 e. The molecule has 1 unspecified atom stereocenters. The lowest BCUT2D eigenvalue weighted by Gasteiger charge is -2.10. The molecule has 0 saturated carbocycles. The molecule has 0 heterocycles. The third-order valence-electron chi connectivity index (χ3n) is 1.80. The van der Waals surface area contributed by atoms with Crippen LogP contribution in [-0.4, -0.2) is 11.8 Å². The average Bonchev–Trinajstić information content (AvgIpc) is 2.17. The van der Waals surface area contributed by atoms with Crippen molar-refractivity contribution in [2.45, 2.75) is 19.6 Å². The minimum Gasteiger partial charge on any atom is -0.435 e. The molecule has 0 fully saturated rings. The van der Waals surface area contributed by atoms with Gasteiger partial charge in [-0.3, -0.25) is 0 Å². The van der Waals surface area contributed by atoms with E-state index in [-0.39, 0.29) is 11.8 Å². The Bertz CT molecular complexity index is 277. The molecule has 0 spiro atoms. The van der Waals surface area contributed by atoms with Crippen molar-refractivity contribution in [3.63, 3.8) is 0 Å². The Morgan fingerprint density at radius 3 is 2.29 bits per heavy atom. The lowest BCUT2D eigenvalue weighted by molar-refractivity contribution is -0.0498. The van der Waals surface area contributed by atoms with Crippen molar-refractivity contribution in [2.24, 2.45) is 0 Å². The molecule has 2 N–H and O–H groups in total. The van der Waals surface area contributed by atoms with Gasteiger partial charge in [-0.2, -0.15) is 14.3 Å². The highest BCUT2D eigenvalue weighted by atomic mass is 19.3. The zero-order chi connectivity index (χ0) is 10.6. The Morgan fingerprint density at radius 2 is 1.86 bits per heavy atom. The highest BCUT2D eigenvalue weighted by Crippen LogP contribution is 2.18. The van der Waals surface area contributed by atoms with Gasteiger partial charge in [0.1, 0.15) is 5.75 Å². The van der Waals surface area contributed by atoms with Gasteiger partial charge in [0.25, 0.3) is 0 Å². The second-order valence-corrected chi connectivity index (χ2v) is 2.80. The number of rotatable bonds is 4. The summed E-state index contributed by atoms with van der Waals surface area (Å²) in [5, 5.41) is 8.60. The van der Waals surface area contributed by atoms with Crippen molar-refractivity contribution >= 4 is 0 Å². The molecule has 78 valence electrons. The third kappa shape index (κ3) is 2.93. The first-order valence-corrected chi connectivity index (χ1v) is 4.08. The first-order valence-electron chi connectivity index (χ1n) is 4.08. The van der Waals surface area contributed by atoms with Gasteiger partial charge in [0, 0.05) is 0 Å². The van der Waals surface area contributed by atoms with E-state index in [4.69, 9.17) is 5.21 Å². The highest BCUT2D eigenvalue weighted by molar-refractivity contribution is 5.28. The molecule has 1 rings (SSSR count). The van der Waals surface area contributed by atoms with Gasteiger partial charge in [0.15, 0.2) is 0 Å². The minimum atomic E-state index is -2.81. The van der Waals surface area contributed by atoms with Gasteiger partial charge in [-0.25, -0.2) is 0 Å². The van der Waals surface area contributed by atoms with Crippen LogP contribution in [0.3, 0.4) is 0 Å². The summed E-state index contributed by atoms with van der Waals surface area (Å²) < 4.78 is 27.7. The maximum absolute atomic E-state index is 11.8. The molecule has 0 saturated heterocycles. The molecule has 0 aliphatic carbocycles. The molecule has 0 radical (unpaired) electrons. The van der Waals surface area contributed by atoms with Crippen LogP contribution in [0.25, 0.3) is 0 Å². The summed E-state index contributed by atoms with van der Waals surface area (Å²) in [7, 11) is 0. The van der Waals surface area contributed by atoms with Crippen molar-refractivity contribution < 1.29 is 18.7 Å². The van der Waals surface area contributed by atoms with Gasteiger partial charge in [-0.1, -0.05) is 12.1 Å². The quantitative estimate of drug-likeness (QED) is 0.738.